The number of benzene rings is 1. The third kappa shape index (κ3) is 3.30. The minimum atomic E-state index is 0.799. The predicted octanol–water partition coefficient (Wildman–Crippen LogP) is 4.43. The van der Waals surface area contributed by atoms with Crippen molar-refractivity contribution in [2.75, 3.05) is 0 Å². The molecule has 0 atom stereocenters. The first-order valence-corrected chi connectivity index (χ1v) is 10.8. The van der Waals surface area contributed by atoms with Crippen LogP contribution in [0, 0.1) is 0 Å². The van der Waals surface area contributed by atoms with Crippen molar-refractivity contribution in [2.45, 2.75) is 25.7 Å². The molecule has 0 saturated heterocycles. The molecule has 0 amide bonds. The lowest BCUT2D eigenvalue weighted by molar-refractivity contribution is 0.779. The topological polar surface area (TPSA) is 77.3 Å². The molecule has 5 aromatic rings. The first kappa shape index (κ1) is 18.7. The zero-order valence-electron chi connectivity index (χ0n) is 17.4. The van der Waals surface area contributed by atoms with E-state index < -0.39 is 0 Å². The van der Waals surface area contributed by atoms with Crippen molar-refractivity contribution >= 4 is 11.0 Å². The van der Waals surface area contributed by atoms with Gasteiger partial charge in [0, 0.05) is 12.4 Å². The maximum absolute atomic E-state index is 4.95. The number of nitrogens with zero attached hydrogens (tertiary/aromatic N) is 6. The highest BCUT2D eigenvalue weighted by atomic mass is 15.1. The van der Waals surface area contributed by atoms with Gasteiger partial charge in [-0.1, -0.05) is 24.3 Å². The maximum Gasteiger partial charge on any atom is 0.115 e. The van der Waals surface area contributed by atoms with E-state index in [2.05, 4.69) is 20.2 Å². The Bertz CT molecular complexity index is 1310. The van der Waals surface area contributed by atoms with E-state index in [1.165, 1.54) is 11.1 Å². The van der Waals surface area contributed by atoms with Gasteiger partial charge in [0.1, 0.15) is 11.4 Å². The van der Waals surface area contributed by atoms with E-state index in [9.17, 15) is 0 Å². The highest BCUT2D eigenvalue weighted by molar-refractivity contribution is 5.74. The van der Waals surface area contributed by atoms with Crippen LogP contribution in [0.15, 0.2) is 73.1 Å². The number of fused-ring (bicyclic) bond motifs is 3. The molecule has 4 heterocycles. The van der Waals surface area contributed by atoms with E-state index in [1.807, 2.05) is 60.7 Å². The lowest BCUT2D eigenvalue weighted by Gasteiger charge is -2.20. The van der Waals surface area contributed by atoms with Gasteiger partial charge in [-0.25, -0.2) is 9.97 Å². The smallest absolute Gasteiger partial charge is 0.115 e. The van der Waals surface area contributed by atoms with Gasteiger partial charge in [0.15, 0.2) is 0 Å². The molecule has 154 valence electrons. The Morgan fingerprint density at radius 1 is 0.500 bits per heavy atom. The molecule has 0 bridgehead atoms. The number of hydrogen-bond donors (Lipinski definition) is 0. The van der Waals surface area contributed by atoms with Crippen LogP contribution in [0.5, 0.6) is 0 Å². The number of para-hydroxylation sites is 2. The molecule has 0 aliphatic heterocycles. The second-order valence-electron chi connectivity index (χ2n) is 7.89. The van der Waals surface area contributed by atoms with Crippen LogP contribution in [0.3, 0.4) is 0 Å². The van der Waals surface area contributed by atoms with Crippen molar-refractivity contribution in [3.05, 3.63) is 95.6 Å². The van der Waals surface area contributed by atoms with Crippen LogP contribution in [-0.4, -0.2) is 30.1 Å². The first-order chi connectivity index (χ1) is 15.9. The van der Waals surface area contributed by atoms with Crippen LogP contribution in [0.1, 0.15) is 22.5 Å². The van der Waals surface area contributed by atoms with Crippen LogP contribution in [0.4, 0.5) is 0 Å². The largest absolute Gasteiger partial charge is 0.255 e. The Labute approximate surface area is 185 Å². The second-order valence-corrected chi connectivity index (χ2v) is 7.89. The van der Waals surface area contributed by atoms with Crippen molar-refractivity contribution in [2.24, 2.45) is 0 Å². The molecule has 1 aliphatic rings. The fourth-order valence-corrected chi connectivity index (χ4v) is 4.42. The van der Waals surface area contributed by atoms with Crippen molar-refractivity contribution in [1.82, 2.24) is 30.1 Å². The summed E-state index contributed by atoms with van der Waals surface area (Å²) in [7, 11) is 0. The molecule has 0 fully saturated rings. The third-order valence-corrected chi connectivity index (χ3v) is 5.95. The van der Waals surface area contributed by atoms with E-state index in [0.29, 0.717) is 0 Å². The Hall–Kier alpha value is -4.06. The van der Waals surface area contributed by atoms with Gasteiger partial charge in [-0.15, -0.1) is 10.2 Å². The molecule has 0 N–H and O–H groups in total. The molecule has 6 rings (SSSR count). The molecule has 0 radical (unpaired) electrons. The standard InChI is InChI=1S/C26H20N6/c1-2-8-20-19(7-1)29-21-13-11-17-18(12-14-22(21)30-20)26(24-10-4-6-16-28-24)32-31-25(17)23-9-3-5-15-27-23/h1-10,15-16H,11-14H2. The van der Waals surface area contributed by atoms with Gasteiger partial charge in [0.2, 0.25) is 0 Å². The van der Waals surface area contributed by atoms with Crippen LogP contribution in [0.2, 0.25) is 0 Å². The highest BCUT2D eigenvalue weighted by Gasteiger charge is 2.23. The Balaban J connectivity index is 1.52. The summed E-state index contributed by atoms with van der Waals surface area (Å²) < 4.78 is 0. The monoisotopic (exact) mass is 416 g/mol. The van der Waals surface area contributed by atoms with Crippen LogP contribution >= 0.6 is 0 Å². The minimum absolute atomic E-state index is 0.799. The molecule has 1 aromatic carbocycles. The van der Waals surface area contributed by atoms with Gasteiger partial charge in [0.05, 0.1) is 33.8 Å². The molecule has 0 unspecified atom stereocenters. The average Bonchev–Trinajstić information content (AvgIpc) is 2.85. The van der Waals surface area contributed by atoms with Crippen molar-refractivity contribution in [3.8, 4) is 22.8 Å². The van der Waals surface area contributed by atoms with Gasteiger partial charge < -0.3 is 0 Å². The van der Waals surface area contributed by atoms with E-state index >= 15 is 0 Å². The summed E-state index contributed by atoms with van der Waals surface area (Å²) in [5, 5.41) is 9.26. The van der Waals surface area contributed by atoms with E-state index in [0.717, 1.165) is 70.9 Å². The number of aromatic nitrogens is 6. The predicted molar refractivity (Wildman–Crippen MR) is 123 cm³/mol. The van der Waals surface area contributed by atoms with Crippen molar-refractivity contribution in [1.29, 1.82) is 0 Å². The normalized spacial score (nSPS) is 13.1. The number of pyridine rings is 2. The molecule has 6 heteroatoms. The quantitative estimate of drug-likeness (QED) is 0.424. The molecule has 32 heavy (non-hydrogen) atoms. The van der Waals surface area contributed by atoms with Crippen LogP contribution in [0.25, 0.3) is 33.8 Å². The van der Waals surface area contributed by atoms with Crippen molar-refractivity contribution < 1.29 is 0 Å². The highest BCUT2D eigenvalue weighted by Crippen LogP contribution is 2.32. The Morgan fingerprint density at radius 2 is 0.969 bits per heavy atom. The molecular weight excluding hydrogens is 396 g/mol. The van der Waals surface area contributed by atoms with Crippen LogP contribution in [-0.2, 0) is 25.7 Å². The Morgan fingerprint density at radius 3 is 1.41 bits per heavy atom. The molecule has 0 saturated carbocycles. The number of rotatable bonds is 2. The number of aryl methyl sites for hydroxylation is 2. The summed E-state index contributed by atoms with van der Waals surface area (Å²) in [5.41, 5.74) is 9.76. The zero-order valence-corrected chi connectivity index (χ0v) is 17.4. The number of hydrogen-bond acceptors (Lipinski definition) is 6. The average molecular weight is 416 g/mol. The fraction of sp³-hybridized carbons (Fsp3) is 0.154. The van der Waals surface area contributed by atoms with E-state index in [4.69, 9.17) is 9.97 Å². The summed E-state index contributed by atoms with van der Waals surface area (Å²) in [4.78, 5) is 19.0. The van der Waals surface area contributed by atoms with Gasteiger partial charge in [-0.2, -0.15) is 0 Å². The lowest BCUT2D eigenvalue weighted by atomic mass is 9.89. The van der Waals surface area contributed by atoms with E-state index in [-0.39, 0.29) is 0 Å². The van der Waals surface area contributed by atoms with Gasteiger partial charge in [-0.3, -0.25) is 9.97 Å². The van der Waals surface area contributed by atoms with Gasteiger partial charge in [0.25, 0.3) is 0 Å². The van der Waals surface area contributed by atoms with Crippen LogP contribution < -0.4 is 0 Å². The maximum atomic E-state index is 4.95. The summed E-state index contributed by atoms with van der Waals surface area (Å²) in [6, 6.07) is 19.9. The molecule has 4 aromatic heterocycles. The second kappa shape index (κ2) is 7.89. The SMILES string of the molecule is c1ccc(-c2nnc(-c3ccccn3)c3c2CCc2nc4ccccc4nc2CC3)nc1. The summed E-state index contributed by atoms with van der Waals surface area (Å²) in [5.74, 6) is 0. The molecule has 6 nitrogen and oxygen atoms in total. The Kier molecular flexibility index (Phi) is 4.61. The lowest BCUT2D eigenvalue weighted by Crippen LogP contribution is -2.15. The molecule has 0 spiro atoms. The molecule has 1 aliphatic carbocycles. The minimum Gasteiger partial charge on any atom is -0.255 e. The van der Waals surface area contributed by atoms with Crippen molar-refractivity contribution in [3.63, 3.8) is 0 Å². The van der Waals surface area contributed by atoms with E-state index in [1.54, 1.807) is 12.4 Å². The third-order valence-electron chi connectivity index (χ3n) is 5.95. The summed E-state index contributed by atoms with van der Waals surface area (Å²) in [6.07, 6.45) is 6.80. The zero-order chi connectivity index (χ0) is 21.3. The molecular formula is C26H20N6. The first-order valence-electron chi connectivity index (χ1n) is 10.8. The summed E-state index contributed by atoms with van der Waals surface area (Å²) >= 11 is 0. The fourth-order valence-electron chi connectivity index (χ4n) is 4.42. The van der Waals surface area contributed by atoms with Gasteiger partial charge in [-0.05, 0) is 73.2 Å². The summed E-state index contributed by atoms with van der Waals surface area (Å²) in [6.45, 7) is 0. The van der Waals surface area contributed by atoms with Gasteiger partial charge >= 0.3 is 0 Å².